The Morgan fingerprint density at radius 2 is 1.92 bits per heavy atom. The molecule has 0 bridgehead atoms. The van der Waals surface area contributed by atoms with Crippen molar-refractivity contribution in [1.82, 2.24) is 15.2 Å². The Bertz CT molecular complexity index is 822. The number of fused-ring (bicyclic) bond motifs is 1. The van der Waals surface area contributed by atoms with E-state index in [0.29, 0.717) is 17.1 Å². The molecule has 0 radical (unpaired) electrons. The topological polar surface area (TPSA) is 75.4 Å². The summed E-state index contributed by atoms with van der Waals surface area (Å²) in [5.74, 6) is -0.516. The molecular formula is C17H16ClN3O3. The number of oxazole rings is 1. The van der Waals surface area contributed by atoms with Gasteiger partial charge in [-0.1, -0.05) is 11.6 Å². The number of carbonyl (C=O) groups excluding carboxylic acids is 2. The number of nitrogens with one attached hydrogen (secondary N) is 1. The molecule has 1 aromatic heterocycles. The van der Waals surface area contributed by atoms with Crippen molar-refractivity contribution in [3.63, 3.8) is 0 Å². The molecule has 0 saturated carbocycles. The molecule has 0 fully saturated rings. The second-order valence-electron chi connectivity index (χ2n) is 5.69. The van der Waals surface area contributed by atoms with Crippen molar-refractivity contribution in [3.8, 4) is 11.5 Å². The molecule has 6 nitrogen and oxygen atoms in total. The zero-order chi connectivity index (χ0) is 17.3. The van der Waals surface area contributed by atoms with Crippen LogP contribution in [0.3, 0.4) is 0 Å². The number of hydrogen-bond acceptors (Lipinski definition) is 6. The van der Waals surface area contributed by atoms with Gasteiger partial charge in [0.25, 0.3) is 0 Å². The summed E-state index contributed by atoms with van der Waals surface area (Å²) in [6.45, 7) is 1.28. The monoisotopic (exact) mass is 345 g/mol. The Morgan fingerprint density at radius 3 is 2.58 bits per heavy atom. The van der Waals surface area contributed by atoms with Crippen molar-refractivity contribution in [2.45, 2.75) is 0 Å². The molecule has 1 aliphatic rings. The molecule has 1 heterocycles. The van der Waals surface area contributed by atoms with Gasteiger partial charge in [0.1, 0.15) is 0 Å². The summed E-state index contributed by atoms with van der Waals surface area (Å²) in [5.41, 5.74) is 0.924. The lowest BCUT2D eigenvalue weighted by molar-refractivity contribution is 0.0956. The van der Waals surface area contributed by atoms with E-state index in [2.05, 4.69) is 10.3 Å². The maximum absolute atomic E-state index is 12.5. The van der Waals surface area contributed by atoms with Crippen molar-refractivity contribution < 1.29 is 14.0 Å². The van der Waals surface area contributed by atoms with Crippen molar-refractivity contribution in [3.05, 3.63) is 52.5 Å². The number of ketones is 2. The number of nitrogens with zero attached hydrogens (tertiary/aromatic N) is 2. The van der Waals surface area contributed by atoms with Crippen molar-refractivity contribution in [2.75, 3.05) is 27.2 Å². The SMILES string of the molecule is CN(C)CCNC1=CC(=O)c2nc(-c3ccc(Cl)cc3)oc2C1=O. The van der Waals surface area contributed by atoms with Gasteiger partial charge in [-0.2, -0.15) is 0 Å². The molecule has 0 saturated heterocycles. The standard InChI is InChI=1S/C17H16ClN3O3/c1-21(2)8-7-19-12-9-13(22)14-16(15(12)23)24-17(20-14)10-3-5-11(18)6-4-10/h3-6,9,19H,7-8H2,1-2H3. The zero-order valence-electron chi connectivity index (χ0n) is 13.3. The van der Waals surface area contributed by atoms with Gasteiger partial charge in [-0.25, -0.2) is 4.98 Å². The number of carbonyl (C=O) groups is 2. The number of Topliss-reactive ketones (excluding diaryl/α,β-unsaturated/α-hetero) is 1. The Labute approximate surface area is 144 Å². The molecule has 0 unspecified atom stereocenters. The number of likely N-dealkylation sites (N-methyl/N-ethyl adjacent to an activating group) is 1. The van der Waals surface area contributed by atoms with Crippen LogP contribution in [-0.4, -0.2) is 48.6 Å². The molecule has 0 amide bonds. The van der Waals surface area contributed by atoms with Crippen molar-refractivity contribution in [1.29, 1.82) is 0 Å². The number of allylic oxidation sites excluding steroid dienone is 2. The van der Waals surface area contributed by atoms with Crippen molar-refractivity contribution >= 4 is 23.2 Å². The largest absolute Gasteiger partial charge is 0.432 e. The molecule has 7 heteroatoms. The van der Waals surface area contributed by atoms with E-state index in [1.54, 1.807) is 24.3 Å². The second kappa shape index (κ2) is 6.59. The number of hydrogen-bond donors (Lipinski definition) is 1. The minimum atomic E-state index is -0.365. The Hall–Kier alpha value is -2.44. The number of aromatic nitrogens is 1. The van der Waals surface area contributed by atoms with E-state index < -0.39 is 0 Å². The lowest BCUT2D eigenvalue weighted by Gasteiger charge is -2.14. The highest BCUT2D eigenvalue weighted by molar-refractivity contribution is 6.30. The Balaban J connectivity index is 1.85. The first kappa shape index (κ1) is 16.4. The van der Waals surface area contributed by atoms with Crippen LogP contribution in [0.2, 0.25) is 5.02 Å². The van der Waals surface area contributed by atoms with E-state index >= 15 is 0 Å². The quantitative estimate of drug-likeness (QED) is 0.897. The van der Waals surface area contributed by atoms with Crippen LogP contribution in [0.4, 0.5) is 0 Å². The third kappa shape index (κ3) is 3.25. The van der Waals surface area contributed by atoms with Gasteiger partial charge in [0.15, 0.2) is 5.69 Å². The van der Waals surface area contributed by atoms with E-state index in [0.717, 1.165) is 6.54 Å². The van der Waals surface area contributed by atoms with Crippen LogP contribution in [0.5, 0.6) is 0 Å². The number of benzene rings is 1. The van der Waals surface area contributed by atoms with Gasteiger partial charge in [-0.3, -0.25) is 9.59 Å². The molecular weight excluding hydrogens is 330 g/mol. The molecule has 0 atom stereocenters. The normalized spacial score (nSPS) is 13.9. The summed E-state index contributed by atoms with van der Waals surface area (Å²) in [6, 6.07) is 6.82. The van der Waals surface area contributed by atoms with E-state index in [1.165, 1.54) is 6.08 Å². The summed E-state index contributed by atoms with van der Waals surface area (Å²) < 4.78 is 5.56. The van der Waals surface area contributed by atoms with Gasteiger partial charge in [0, 0.05) is 29.8 Å². The predicted octanol–water partition coefficient (Wildman–Crippen LogP) is 2.41. The van der Waals surface area contributed by atoms with Crippen LogP contribution in [0.15, 0.2) is 40.5 Å². The van der Waals surface area contributed by atoms with Gasteiger partial charge >= 0.3 is 0 Å². The van der Waals surface area contributed by atoms with Gasteiger partial charge in [0.05, 0.1) is 5.70 Å². The fourth-order valence-corrected chi connectivity index (χ4v) is 2.42. The maximum atomic E-state index is 12.5. The Morgan fingerprint density at radius 1 is 1.21 bits per heavy atom. The van der Waals surface area contributed by atoms with E-state index in [9.17, 15) is 9.59 Å². The van der Waals surface area contributed by atoms with Gasteiger partial charge in [-0.05, 0) is 38.4 Å². The molecule has 0 spiro atoms. The second-order valence-corrected chi connectivity index (χ2v) is 6.12. The lowest BCUT2D eigenvalue weighted by atomic mass is 10.0. The van der Waals surface area contributed by atoms with Gasteiger partial charge in [-0.15, -0.1) is 0 Å². The summed E-state index contributed by atoms with van der Waals surface area (Å²) in [5, 5.41) is 3.55. The van der Waals surface area contributed by atoms with Crippen LogP contribution in [-0.2, 0) is 0 Å². The van der Waals surface area contributed by atoms with Crippen LogP contribution in [0.1, 0.15) is 21.0 Å². The lowest BCUT2D eigenvalue weighted by Crippen LogP contribution is -2.31. The van der Waals surface area contributed by atoms with E-state index in [4.69, 9.17) is 16.0 Å². The fourth-order valence-electron chi connectivity index (χ4n) is 2.29. The third-order valence-corrected chi connectivity index (χ3v) is 3.80. The minimum absolute atomic E-state index is 0.0280. The van der Waals surface area contributed by atoms with E-state index in [-0.39, 0.29) is 34.6 Å². The first-order valence-electron chi connectivity index (χ1n) is 7.42. The van der Waals surface area contributed by atoms with Crippen LogP contribution in [0.25, 0.3) is 11.5 Å². The summed E-state index contributed by atoms with van der Waals surface area (Å²) in [4.78, 5) is 30.8. The van der Waals surface area contributed by atoms with Crippen molar-refractivity contribution in [2.24, 2.45) is 0 Å². The van der Waals surface area contributed by atoms with Gasteiger partial charge in [0.2, 0.25) is 23.2 Å². The molecule has 0 aliphatic heterocycles. The van der Waals surface area contributed by atoms with E-state index in [1.807, 2.05) is 19.0 Å². The third-order valence-electron chi connectivity index (χ3n) is 3.55. The smallest absolute Gasteiger partial charge is 0.246 e. The molecule has 1 aromatic carbocycles. The summed E-state index contributed by atoms with van der Waals surface area (Å²) in [6.07, 6.45) is 1.27. The minimum Gasteiger partial charge on any atom is -0.432 e. The zero-order valence-corrected chi connectivity index (χ0v) is 14.1. The van der Waals surface area contributed by atoms with Gasteiger partial charge < -0.3 is 14.6 Å². The van der Waals surface area contributed by atoms with Crippen LogP contribution >= 0.6 is 11.6 Å². The first-order chi connectivity index (χ1) is 11.5. The molecule has 2 aromatic rings. The highest BCUT2D eigenvalue weighted by atomic mass is 35.5. The average Bonchev–Trinajstić information content (AvgIpc) is 2.98. The summed E-state index contributed by atoms with van der Waals surface area (Å²) >= 11 is 5.86. The highest BCUT2D eigenvalue weighted by Gasteiger charge is 2.32. The molecule has 24 heavy (non-hydrogen) atoms. The average molecular weight is 346 g/mol. The van der Waals surface area contributed by atoms with Crippen LogP contribution in [0, 0.1) is 0 Å². The molecule has 3 rings (SSSR count). The fraction of sp³-hybridized carbons (Fsp3) is 0.235. The molecule has 1 N–H and O–H groups in total. The Kier molecular flexibility index (Phi) is 4.51. The number of halogens is 1. The first-order valence-corrected chi connectivity index (χ1v) is 7.79. The van der Waals surface area contributed by atoms with Crippen LogP contribution < -0.4 is 5.32 Å². The molecule has 1 aliphatic carbocycles. The predicted molar refractivity (Wildman–Crippen MR) is 90.2 cm³/mol. The number of rotatable bonds is 5. The highest BCUT2D eigenvalue weighted by Crippen LogP contribution is 2.27. The maximum Gasteiger partial charge on any atom is 0.246 e. The summed E-state index contributed by atoms with van der Waals surface area (Å²) in [7, 11) is 3.85. The molecule has 124 valence electrons.